The number of nitrogens with one attached hydrogen (secondary N) is 1. The number of hydrogen-bond acceptors (Lipinski definition) is 7. The molecule has 0 spiro atoms. The van der Waals surface area contributed by atoms with Crippen molar-refractivity contribution in [2.45, 2.75) is 6.04 Å². The van der Waals surface area contributed by atoms with Gasteiger partial charge in [-0.15, -0.1) is 0 Å². The number of pyridine rings is 1. The first-order valence-corrected chi connectivity index (χ1v) is 10.4. The fourth-order valence-corrected chi connectivity index (χ4v) is 4.10. The van der Waals surface area contributed by atoms with Gasteiger partial charge in [0.05, 0.1) is 42.4 Å². The molecule has 1 aliphatic rings. The number of nitrogens with zero attached hydrogens (tertiary/aromatic N) is 3. The molecular weight excluding hydrogens is 436 g/mol. The first-order chi connectivity index (χ1) is 16.5. The zero-order valence-corrected chi connectivity index (χ0v) is 18.4. The lowest BCUT2D eigenvalue weighted by atomic mass is 9.96. The number of fused-ring (bicyclic) bond motifs is 1. The number of anilines is 1. The number of Topliss-reactive ketones (excluding diaryl/α,β-unsaturated/α-hetero) is 1. The molecular formula is C25H20N4O5. The van der Waals surface area contributed by atoms with E-state index in [0.717, 1.165) is 0 Å². The largest absolute Gasteiger partial charge is 0.507 e. The normalized spacial score (nSPS) is 17.4. The van der Waals surface area contributed by atoms with Crippen molar-refractivity contribution in [3.8, 4) is 11.5 Å². The summed E-state index contributed by atoms with van der Waals surface area (Å²) in [6.45, 7) is 0. The van der Waals surface area contributed by atoms with Crippen LogP contribution in [-0.2, 0) is 9.59 Å². The first-order valence-electron chi connectivity index (χ1n) is 10.4. The van der Waals surface area contributed by atoms with Crippen LogP contribution in [0.3, 0.4) is 0 Å². The van der Waals surface area contributed by atoms with Gasteiger partial charge in [0.1, 0.15) is 17.3 Å². The Morgan fingerprint density at radius 1 is 1.06 bits per heavy atom. The number of ether oxygens (including phenoxy) is 2. The Balaban J connectivity index is 1.75. The van der Waals surface area contributed by atoms with Crippen molar-refractivity contribution in [3.05, 3.63) is 83.7 Å². The molecule has 0 bridgehead atoms. The van der Waals surface area contributed by atoms with Crippen LogP contribution in [0.2, 0.25) is 0 Å². The Morgan fingerprint density at radius 3 is 2.59 bits per heavy atom. The lowest BCUT2D eigenvalue weighted by molar-refractivity contribution is -0.132. The summed E-state index contributed by atoms with van der Waals surface area (Å²) in [6, 6.07) is 14.6. The van der Waals surface area contributed by atoms with Crippen LogP contribution in [0.15, 0.2) is 72.6 Å². The topological polar surface area (TPSA) is 118 Å². The van der Waals surface area contributed by atoms with Crippen LogP contribution in [0.1, 0.15) is 17.2 Å². The van der Waals surface area contributed by atoms with Crippen LogP contribution in [0.25, 0.3) is 16.8 Å². The predicted molar refractivity (Wildman–Crippen MR) is 125 cm³/mol. The number of hydrogen-bond donors (Lipinski definition) is 2. The van der Waals surface area contributed by atoms with Crippen LogP contribution in [-0.4, -0.2) is 46.0 Å². The van der Waals surface area contributed by atoms with Gasteiger partial charge in [-0.05, 0) is 42.0 Å². The summed E-state index contributed by atoms with van der Waals surface area (Å²) >= 11 is 0. The van der Waals surface area contributed by atoms with Gasteiger partial charge >= 0.3 is 5.91 Å². The van der Waals surface area contributed by atoms with E-state index < -0.39 is 17.7 Å². The van der Waals surface area contributed by atoms with Crippen molar-refractivity contribution in [2.24, 2.45) is 0 Å². The van der Waals surface area contributed by atoms with Gasteiger partial charge in [-0.1, -0.05) is 18.2 Å². The number of benzene rings is 2. The molecule has 2 aromatic carbocycles. The number of aromatic nitrogens is 3. The van der Waals surface area contributed by atoms with Gasteiger partial charge in [-0.2, -0.15) is 0 Å². The van der Waals surface area contributed by atoms with E-state index >= 15 is 0 Å². The van der Waals surface area contributed by atoms with E-state index in [-0.39, 0.29) is 22.8 Å². The molecule has 9 nitrogen and oxygen atoms in total. The summed E-state index contributed by atoms with van der Waals surface area (Å²) in [5, 5.41) is 11.4. The maximum Gasteiger partial charge on any atom is 0.302 e. The van der Waals surface area contributed by atoms with Crippen LogP contribution < -0.4 is 14.4 Å². The Morgan fingerprint density at radius 2 is 1.88 bits per heavy atom. The number of para-hydroxylation sites is 2. The van der Waals surface area contributed by atoms with E-state index in [4.69, 9.17) is 9.47 Å². The highest BCUT2D eigenvalue weighted by atomic mass is 16.5. The quantitative estimate of drug-likeness (QED) is 0.268. The number of aromatic amines is 1. The third-order valence-electron chi connectivity index (χ3n) is 5.71. The van der Waals surface area contributed by atoms with Crippen LogP contribution >= 0.6 is 0 Å². The van der Waals surface area contributed by atoms with Crippen molar-refractivity contribution < 1.29 is 24.2 Å². The minimum atomic E-state index is -0.967. The van der Waals surface area contributed by atoms with E-state index in [0.29, 0.717) is 28.1 Å². The molecule has 0 radical (unpaired) electrons. The Bertz CT molecular complexity index is 1410. The van der Waals surface area contributed by atoms with Crippen LogP contribution in [0, 0.1) is 0 Å². The molecule has 2 aromatic heterocycles. The van der Waals surface area contributed by atoms with E-state index in [1.165, 1.54) is 19.1 Å². The van der Waals surface area contributed by atoms with Crippen molar-refractivity contribution in [3.63, 3.8) is 0 Å². The number of aliphatic hydroxyl groups is 1. The fourth-order valence-electron chi connectivity index (χ4n) is 4.10. The average Bonchev–Trinajstić information content (AvgIpc) is 3.42. The second kappa shape index (κ2) is 8.36. The Kier molecular flexibility index (Phi) is 5.21. The highest BCUT2D eigenvalue weighted by Gasteiger charge is 2.48. The molecule has 3 heterocycles. The molecule has 0 aliphatic carbocycles. The zero-order chi connectivity index (χ0) is 23.8. The summed E-state index contributed by atoms with van der Waals surface area (Å²) in [7, 11) is 2.94. The molecule has 1 fully saturated rings. The molecule has 34 heavy (non-hydrogen) atoms. The molecule has 1 atom stereocenters. The molecule has 4 aromatic rings. The number of ketones is 1. The number of rotatable bonds is 5. The van der Waals surface area contributed by atoms with Crippen molar-refractivity contribution in [2.75, 3.05) is 19.1 Å². The number of carbonyl (C=O) groups excluding carboxylic acids is 2. The van der Waals surface area contributed by atoms with Crippen molar-refractivity contribution in [1.29, 1.82) is 0 Å². The SMILES string of the molecule is COc1ccc(OC)c(/C(O)=C2\C(=O)C(=O)N(c3nc4ccccc4[nH]3)C2c2cccnc2)c1. The summed E-state index contributed by atoms with van der Waals surface area (Å²) in [6.07, 6.45) is 3.13. The number of imidazole rings is 1. The highest BCUT2D eigenvalue weighted by molar-refractivity contribution is 6.51. The van der Waals surface area contributed by atoms with Gasteiger partial charge in [0.15, 0.2) is 0 Å². The van der Waals surface area contributed by atoms with Gasteiger partial charge in [0, 0.05) is 12.4 Å². The summed E-state index contributed by atoms with van der Waals surface area (Å²) in [5.41, 5.74) is 1.99. The molecule has 1 aliphatic heterocycles. The number of H-pyrrole nitrogens is 1. The lowest BCUT2D eigenvalue weighted by Crippen LogP contribution is -2.30. The standard InChI is InChI=1S/C25H20N4O5/c1-33-15-9-10-19(34-2)16(12-15)22(30)20-21(14-6-5-11-26-13-14)29(24(32)23(20)31)25-27-17-7-3-4-8-18(17)28-25/h3-13,21,30H,1-2H3,(H,27,28)/b22-20+. The smallest absolute Gasteiger partial charge is 0.302 e. The van der Waals surface area contributed by atoms with Crippen LogP contribution in [0.4, 0.5) is 5.95 Å². The van der Waals surface area contributed by atoms with E-state index in [9.17, 15) is 14.7 Å². The predicted octanol–water partition coefficient (Wildman–Crippen LogP) is 3.60. The lowest BCUT2D eigenvalue weighted by Gasteiger charge is -2.23. The summed E-state index contributed by atoms with van der Waals surface area (Å²) in [4.78, 5) is 39.6. The highest BCUT2D eigenvalue weighted by Crippen LogP contribution is 2.43. The second-order valence-corrected chi connectivity index (χ2v) is 7.60. The molecule has 1 unspecified atom stereocenters. The first kappa shape index (κ1) is 21.2. The van der Waals surface area contributed by atoms with Gasteiger partial charge in [0.2, 0.25) is 5.95 Å². The molecule has 1 amide bonds. The zero-order valence-electron chi connectivity index (χ0n) is 18.4. The van der Waals surface area contributed by atoms with Gasteiger partial charge in [-0.25, -0.2) is 4.98 Å². The van der Waals surface area contributed by atoms with Crippen LogP contribution in [0.5, 0.6) is 11.5 Å². The van der Waals surface area contributed by atoms with E-state index in [1.54, 1.807) is 48.8 Å². The average molecular weight is 456 g/mol. The second-order valence-electron chi connectivity index (χ2n) is 7.60. The van der Waals surface area contributed by atoms with E-state index in [1.807, 2.05) is 18.2 Å². The fraction of sp³-hybridized carbons (Fsp3) is 0.120. The molecule has 2 N–H and O–H groups in total. The van der Waals surface area contributed by atoms with Gasteiger partial charge in [-0.3, -0.25) is 19.5 Å². The maximum atomic E-state index is 13.3. The molecule has 1 saturated heterocycles. The number of aliphatic hydroxyl groups excluding tert-OH is 1. The van der Waals surface area contributed by atoms with Crippen molar-refractivity contribution >= 4 is 34.4 Å². The Labute approximate surface area is 194 Å². The molecule has 9 heteroatoms. The molecule has 5 rings (SSSR count). The van der Waals surface area contributed by atoms with Crippen molar-refractivity contribution in [1.82, 2.24) is 15.0 Å². The van der Waals surface area contributed by atoms with Gasteiger partial charge in [0.25, 0.3) is 5.78 Å². The third-order valence-corrected chi connectivity index (χ3v) is 5.71. The number of amides is 1. The maximum absolute atomic E-state index is 13.3. The number of carbonyl (C=O) groups is 2. The minimum absolute atomic E-state index is 0.106. The third kappa shape index (κ3) is 3.34. The Hall–Kier alpha value is -4.66. The number of methoxy groups -OCH3 is 2. The van der Waals surface area contributed by atoms with E-state index in [2.05, 4.69) is 15.0 Å². The summed E-state index contributed by atoms with van der Waals surface area (Å²) in [5.74, 6) is -1.10. The minimum Gasteiger partial charge on any atom is -0.507 e. The molecule has 170 valence electrons. The monoisotopic (exact) mass is 456 g/mol. The van der Waals surface area contributed by atoms with Gasteiger partial charge < -0.3 is 19.6 Å². The summed E-state index contributed by atoms with van der Waals surface area (Å²) < 4.78 is 10.7. The molecule has 0 saturated carbocycles.